The zero-order valence-electron chi connectivity index (χ0n) is 16.2. The number of halogens is 4. The normalized spacial score (nSPS) is 16.3. The summed E-state index contributed by atoms with van der Waals surface area (Å²) in [6.45, 7) is -0.643. The van der Waals surface area contributed by atoms with E-state index in [0.717, 1.165) is 41.2 Å². The lowest BCUT2D eigenvalue weighted by Gasteiger charge is -2.36. The number of Topliss-reactive ketones (excluding diaryl/α,β-unsaturated/α-hetero) is 1. The number of hydrogen-bond acceptors (Lipinski definition) is 7. The van der Waals surface area contributed by atoms with Crippen molar-refractivity contribution in [2.75, 3.05) is 23.1 Å². The van der Waals surface area contributed by atoms with Gasteiger partial charge in [-0.3, -0.25) is 14.6 Å². The van der Waals surface area contributed by atoms with Gasteiger partial charge in [0.15, 0.2) is 5.78 Å². The number of anilines is 2. The number of nitrogens with zero attached hydrogens (tertiary/aromatic N) is 3. The van der Waals surface area contributed by atoms with Crippen molar-refractivity contribution in [3.05, 3.63) is 64.7 Å². The molecule has 2 N–H and O–H groups in total. The van der Waals surface area contributed by atoms with Crippen molar-refractivity contribution in [2.24, 2.45) is 0 Å². The van der Waals surface area contributed by atoms with Crippen LogP contribution in [0.2, 0.25) is 0 Å². The molecule has 0 radical (unpaired) electrons. The van der Waals surface area contributed by atoms with Crippen molar-refractivity contribution >= 4 is 40.9 Å². The van der Waals surface area contributed by atoms with E-state index >= 15 is 0 Å². The molecule has 1 saturated heterocycles. The Labute approximate surface area is 182 Å². The summed E-state index contributed by atoms with van der Waals surface area (Å²) >= 11 is 0.956. The van der Waals surface area contributed by atoms with Crippen molar-refractivity contribution in [3.8, 4) is 0 Å². The van der Waals surface area contributed by atoms with Crippen molar-refractivity contribution in [1.29, 1.82) is 0 Å². The molecule has 1 aliphatic heterocycles. The second-order valence-electron chi connectivity index (χ2n) is 6.32. The minimum atomic E-state index is -4.71. The van der Waals surface area contributed by atoms with Gasteiger partial charge in [-0.2, -0.15) is 13.2 Å². The van der Waals surface area contributed by atoms with Gasteiger partial charge < -0.3 is 10.4 Å². The van der Waals surface area contributed by atoms with Crippen LogP contribution in [0.1, 0.15) is 5.69 Å². The summed E-state index contributed by atoms with van der Waals surface area (Å²) in [6, 6.07) is 6.54. The molecular weight excluding hydrogens is 456 g/mol. The van der Waals surface area contributed by atoms with Gasteiger partial charge in [-0.15, -0.1) is 16.8 Å². The number of carbonyl (C=O) groups excluding carboxylic acids is 2. The molecule has 0 unspecified atom stereocenters. The number of imide groups is 1. The molecule has 1 aliphatic rings. The van der Waals surface area contributed by atoms with E-state index in [4.69, 9.17) is 0 Å². The SMILES string of the molecule is CSC(Nc1ccc(F)cc1)=C1C(=O)CN(c2ccc(C(F)(F)F)nc2)N(C(=O)O)C1=O. The average molecular weight is 470 g/mol. The Bertz CT molecular complexity index is 1090. The number of benzene rings is 1. The summed E-state index contributed by atoms with van der Waals surface area (Å²) in [5.74, 6) is -2.48. The predicted octanol–water partition coefficient (Wildman–Crippen LogP) is 3.74. The molecule has 2 aromatic rings. The van der Waals surface area contributed by atoms with Gasteiger partial charge in [-0.1, -0.05) is 0 Å². The van der Waals surface area contributed by atoms with Gasteiger partial charge in [0.25, 0.3) is 5.91 Å². The summed E-state index contributed by atoms with van der Waals surface area (Å²) in [5.41, 5.74) is -1.52. The zero-order chi connectivity index (χ0) is 23.6. The number of hydrazine groups is 1. The minimum Gasteiger partial charge on any atom is -0.463 e. The smallest absolute Gasteiger partial charge is 0.434 e. The molecule has 2 heterocycles. The summed E-state index contributed by atoms with van der Waals surface area (Å²) < 4.78 is 51.4. The van der Waals surface area contributed by atoms with Crippen molar-refractivity contribution in [2.45, 2.75) is 6.18 Å². The lowest BCUT2D eigenvalue weighted by Crippen LogP contribution is -2.58. The number of aromatic nitrogens is 1. The average Bonchev–Trinajstić information content (AvgIpc) is 2.73. The fourth-order valence-electron chi connectivity index (χ4n) is 2.83. The number of rotatable bonds is 4. The van der Waals surface area contributed by atoms with Gasteiger partial charge >= 0.3 is 12.3 Å². The lowest BCUT2D eigenvalue weighted by molar-refractivity contribution is -0.141. The Kier molecular flexibility index (Phi) is 6.39. The largest absolute Gasteiger partial charge is 0.463 e. The Hall–Kier alpha value is -3.61. The van der Waals surface area contributed by atoms with E-state index < -0.39 is 47.6 Å². The van der Waals surface area contributed by atoms with Gasteiger partial charge in [0.05, 0.1) is 16.9 Å². The van der Waals surface area contributed by atoms with Crippen LogP contribution < -0.4 is 10.3 Å². The quantitative estimate of drug-likeness (QED) is 0.396. The first-order valence-electron chi connectivity index (χ1n) is 8.75. The van der Waals surface area contributed by atoms with Gasteiger partial charge in [-0.25, -0.2) is 14.2 Å². The van der Waals surface area contributed by atoms with Crippen molar-refractivity contribution < 1.29 is 37.1 Å². The second-order valence-corrected chi connectivity index (χ2v) is 7.14. The number of nitrogens with one attached hydrogen (secondary N) is 1. The van der Waals surface area contributed by atoms with E-state index in [1.54, 1.807) is 0 Å². The molecule has 13 heteroatoms. The molecule has 0 atom stereocenters. The van der Waals surface area contributed by atoms with Gasteiger partial charge in [-0.05, 0) is 42.7 Å². The molecule has 0 saturated carbocycles. The predicted molar refractivity (Wildman–Crippen MR) is 107 cm³/mol. The monoisotopic (exact) mass is 470 g/mol. The van der Waals surface area contributed by atoms with E-state index in [0.29, 0.717) is 11.8 Å². The molecule has 1 aromatic carbocycles. The number of carbonyl (C=O) groups is 3. The fraction of sp³-hybridized carbons (Fsp3) is 0.158. The summed E-state index contributed by atoms with van der Waals surface area (Å²) in [5, 5.41) is 13.3. The van der Waals surface area contributed by atoms with Crippen molar-refractivity contribution in [3.63, 3.8) is 0 Å². The van der Waals surface area contributed by atoms with Crippen molar-refractivity contribution in [1.82, 2.24) is 9.99 Å². The van der Waals surface area contributed by atoms with E-state index in [1.807, 2.05) is 0 Å². The number of thioether (sulfide) groups is 1. The summed E-state index contributed by atoms with van der Waals surface area (Å²) in [6.07, 6.45) is -4.20. The molecule has 168 valence electrons. The Morgan fingerprint density at radius 1 is 1.16 bits per heavy atom. The van der Waals surface area contributed by atoms with Gasteiger partial charge in [0.2, 0.25) is 0 Å². The first-order chi connectivity index (χ1) is 15.0. The maximum atomic E-state index is 13.1. The van der Waals surface area contributed by atoms with Crippen LogP contribution in [0.4, 0.5) is 33.7 Å². The highest BCUT2D eigenvalue weighted by molar-refractivity contribution is 8.02. The third-order valence-corrected chi connectivity index (χ3v) is 4.99. The first kappa shape index (κ1) is 23.1. The topological polar surface area (TPSA) is 103 Å². The molecule has 32 heavy (non-hydrogen) atoms. The fourth-order valence-corrected chi connectivity index (χ4v) is 3.45. The highest BCUT2D eigenvalue weighted by Gasteiger charge is 2.42. The number of ketones is 1. The van der Waals surface area contributed by atoms with Crippen LogP contribution >= 0.6 is 11.8 Å². The van der Waals surface area contributed by atoms with E-state index in [2.05, 4.69) is 10.3 Å². The highest BCUT2D eigenvalue weighted by Crippen LogP contribution is 2.31. The lowest BCUT2D eigenvalue weighted by atomic mass is 10.1. The standard InChI is InChI=1S/C19H14F4N4O4S/c1-32-16(25-11-4-2-10(20)3-5-11)15-13(28)9-26(27(17(15)29)18(30)31)12-6-7-14(24-8-12)19(21,22)23/h2-8,25H,9H2,1H3,(H,30,31). The van der Waals surface area contributed by atoms with Gasteiger partial charge in [0.1, 0.15) is 23.6 Å². The number of amides is 2. The van der Waals surface area contributed by atoms with Crippen LogP contribution in [-0.4, -0.2) is 45.7 Å². The van der Waals surface area contributed by atoms with E-state index in [9.17, 15) is 37.1 Å². The Morgan fingerprint density at radius 3 is 2.31 bits per heavy atom. The molecule has 0 aliphatic carbocycles. The Balaban J connectivity index is 1.98. The maximum Gasteiger partial charge on any atom is 0.434 e. The van der Waals surface area contributed by atoms with E-state index in [-0.39, 0.29) is 15.7 Å². The Morgan fingerprint density at radius 2 is 1.81 bits per heavy atom. The third kappa shape index (κ3) is 4.66. The maximum absolute atomic E-state index is 13.1. The van der Waals surface area contributed by atoms with Gasteiger partial charge in [0, 0.05) is 5.69 Å². The van der Waals surface area contributed by atoms with Crippen LogP contribution in [0.15, 0.2) is 53.2 Å². The van der Waals surface area contributed by atoms with Crippen LogP contribution in [0, 0.1) is 5.82 Å². The summed E-state index contributed by atoms with van der Waals surface area (Å²) in [7, 11) is 0. The minimum absolute atomic E-state index is 0.0306. The molecule has 0 spiro atoms. The van der Waals surface area contributed by atoms with Crippen LogP contribution in [0.25, 0.3) is 0 Å². The number of pyridine rings is 1. The molecule has 1 fully saturated rings. The van der Waals surface area contributed by atoms with E-state index in [1.165, 1.54) is 18.4 Å². The number of alkyl halides is 3. The molecule has 8 nitrogen and oxygen atoms in total. The molecule has 1 aromatic heterocycles. The van der Waals surface area contributed by atoms with Crippen LogP contribution in [-0.2, 0) is 15.8 Å². The highest BCUT2D eigenvalue weighted by atomic mass is 32.2. The second kappa shape index (κ2) is 8.86. The van der Waals surface area contributed by atoms with Crippen LogP contribution in [0.3, 0.4) is 0 Å². The molecular formula is C19H14F4N4O4S. The summed E-state index contributed by atoms with van der Waals surface area (Å²) in [4.78, 5) is 40.7. The zero-order valence-corrected chi connectivity index (χ0v) is 17.0. The molecule has 0 bridgehead atoms. The first-order valence-corrected chi connectivity index (χ1v) is 9.97. The molecule has 3 rings (SSSR count). The number of carboxylic acid groups (broad SMARTS) is 1. The number of hydrogen-bond donors (Lipinski definition) is 2. The van der Waals surface area contributed by atoms with Crippen LogP contribution in [0.5, 0.6) is 0 Å². The third-order valence-electron chi connectivity index (χ3n) is 4.27. The molecule has 2 amide bonds.